The van der Waals surface area contributed by atoms with Gasteiger partial charge in [0.1, 0.15) is 17.8 Å². The lowest BCUT2D eigenvalue weighted by Crippen LogP contribution is -2.80. The summed E-state index contributed by atoms with van der Waals surface area (Å²) in [6.07, 6.45) is 6.85. The van der Waals surface area contributed by atoms with Crippen LogP contribution in [0, 0.1) is 50.2 Å². The highest BCUT2D eigenvalue weighted by molar-refractivity contribution is 5.94. The summed E-state index contributed by atoms with van der Waals surface area (Å²) in [6.45, 7) is 19.5. The number of fused-ring (bicyclic) bond motifs is 7. The third-order valence-electron chi connectivity index (χ3n) is 13.9. The summed E-state index contributed by atoms with van der Waals surface area (Å²) >= 11 is 0. The molecule has 5 nitrogen and oxygen atoms in total. The van der Waals surface area contributed by atoms with Crippen LogP contribution in [0.4, 0.5) is 0 Å². The number of carbonyl (C=O) groups is 2. The lowest BCUT2D eigenvalue weighted by atomic mass is 9.29. The number of esters is 1. The molecule has 5 saturated carbocycles. The van der Waals surface area contributed by atoms with E-state index in [4.69, 9.17) is 4.74 Å². The first-order valence-corrected chi connectivity index (χ1v) is 14.9. The Morgan fingerprint density at radius 2 is 1.49 bits per heavy atom. The number of aliphatic hydroxyl groups is 2. The predicted octanol–water partition coefficient (Wildman–Crippen LogP) is 6.08. The fourth-order valence-corrected chi connectivity index (χ4v) is 11.5. The van der Waals surface area contributed by atoms with Gasteiger partial charge in [0, 0.05) is 29.6 Å². The molecule has 0 aromatic rings. The summed E-state index contributed by atoms with van der Waals surface area (Å²) in [5.74, 6) is -0.698. The Morgan fingerprint density at radius 3 is 2.11 bits per heavy atom. The molecule has 5 aliphatic rings. The topological polar surface area (TPSA) is 83.8 Å². The van der Waals surface area contributed by atoms with Crippen molar-refractivity contribution in [1.29, 1.82) is 0 Å². The minimum atomic E-state index is -1.52. The van der Waals surface area contributed by atoms with Gasteiger partial charge in [0.05, 0.1) is 0 Å². The van der Waals surface area contributed by atoms with Crippen molar-refractivity contribution in [3.8, 4) is 0 Å². The van der Waals surface area contributed by atoms with Gasteiger partial charge in [0.15, 0.2) is 5.78 Å². The molecule has 5 aliphatic carbocycles. The van der Waals surface area contributed by atoms with Gasteiger partial charge in [-0.3, -0.25) is 9.59 Å². The summed E-state index contributed by atoms with van der Waals surface area (Å²) in [4.78, 5) is 26.4. The van der Waals surface area contributed by atoms with Gasteiger partial charge in [-0.15, -0.1) is 0 Å². The molecule has 0 saturated heterocycles. The van der Waals surface area contributed by atoms with Gasteiger partial charge < -0.3 is 14.9 Å². The van der Waals surface area contributed by atoms with E-state index in [9.17, 15) is 19.8 Å². The Morgan fingerprint density at radius 1 is 0.865 bits per heavy atom. The summed E-state index contributed by atoms with van der Waals surface area (Å²) in [6, 6.07) is 0. The molecule has 37 heavy (non-hydrogen) atoms. The van der Waals surface area contributed by atoms with E-state index < -0.39 is 17.1 Å². The van der Waals surface area contributed by atoms with Gasteiger partial charge >= 0.3 is 5.97 Å². The minimum absolute atomic E-state index is 0.0733. The molecular formula is C32H52O5. The van der Waals surface area contributed by atoms with Gasteiger partial charge in [-0.25, -0.2) is 0 Å². The highest BCUT2D eigenvalue weighted by Crippen LogP contribution is 2.77. The van der Waals surface area contributed by atoms with Crippen molar-refractivity contribution >= 4 is 11.8 Å². The van der Waals surface area contributed by atoms with E-state index in [-0.39, 0.29) is 62.7 Å². The van der Waals surface area contributed by atoms with Crippen molar-refractivity contribution in [2.24, 2.45) is 50.2 Å². The fourth-order valence-electron chi connectivity index (χ4n) is 11.5. The second-order valence-electron chi connectivity index (χ2n) is 16.4. The van der Waals surface area contributed by atoms with E-state index in [0.29, 0.717) is 0 Å². The first kappa shape index (κ1) is 27.6. The number of aliphatic hydroxyl groups excluding tert-OH is 1. The number of hydrogen-bond acceptors (Lipinski definition) is 5. The number of hydrogen-bond donors (Lipinski definition) is 2. The molecule has 5 heteroatoms. The maximum atomic E-state index is 14.5. The van der Waals surface area contributed by atoms with E-state index in [1.807, 2.05) is 0 Å². The van der Waals surface area contributed by atoms with Crippen LogP contribution in [0.2, 0.25) is 0 Å². The third kappa shape index (κ3) is 3.28. The van der Waals surface area contributed by atoms with Crippen LogP contribution < -0.4 is 0 Å². The largest absolute Gasteiger partial charge is 0.462 e. The summed E-state index contributed by atoms with van der Waals surface area (Å²) < 4.78 is 5.81. The second kappa shape index (κ2) is 7.83. The summed E-state index contributed by atoms with van der Waals surface area (Å²) in [7, 11) is 0. The lowest BCUT2D eigenvalue weighted by Gasteiger charge is -2.75. The van der Waals surface area contributed by atoms with Crippen LogP contribution in [0.1, 0.15) is 120 Å². The van der Waals surface area contributed by atoms with Crippen molar-refractivity contribution in [3.05, 3.63) is 0 Å². The van der Waals surface area contributed by atoms with Crippen LogP contribution in [0.15, 0.2) is 0 Å². The van der Waals surface area contributed by atoms with Gasteiger partial charge in [-0.05, 0) is 85.4 Å². The number of ketones is 1. The molecule has 0 spiro atoms. The van der Waals surface area contributed by atoms with Crippen molar-refractivity contribution in [2.45, 2.75) is 138 Å². The molecule has 2 N–H and O–H groups in total. The molecular weight excluding hydrogens is 464 g/mol. The van der Waals surface area contributed by atoms with Crippen LogP contribution in [-0.4, -0.2) is 39.8 Å². The maximum Gasteiger partial charge on any atom is 0.302 e. The molecule has 210 valence electrons. The van der Waals surface area contributed by atoms with Gasteiger partial charge in [-0.1, -0.05) is 55.4 Å². The van der Waals surface area contributed by atoms with Crippen molar-refractivity contribution in [2.75, 3.05) is 0 Å². The van der Waals surface area contributed by atoms with Crippen LogP contribution in [0.5, 0.6) is 0 Å². The van der Waals surface area contributed by atoms with Crippen LogP contribution in [0.3, 0.4) is 0 Å². The number of rotatable bonds is 1. The van der Waals surface area contributed by atoms with E-state index in [1.165, 1.54) is 6.92 Å². The van der Waals surface area contributed by atoms with Gasteiger partial charge in [0.2, 0.25) is 0 Å². The average molecular weight is 517 g/mol. The lowest BCUT2D eigenvalue weighted by molar-refractivity contribution is -0.310. The Bertz CT molecular complexity index is 1000. The number of Topliss-reactive ketones (excluding diaryl/α,β-unsaturated/α-hetero) is 1. The molecule has 0 amide bonds. The SMILES string of the molecule is CC(=O)OC1CCC2(C)C(CCC3(C)C2C(O)C(=O)C2(O)C4CC(C)(C)CCC4(C)CCC32C)C1(C)C. The first-order chi connectivity index (χ1) is 16.8. The molecule has 0 aromatic heterocycles. The molecule has 0 heterocycles. The maximum absolute atomic E-state index is 14.5. The standard InChI is InChI=1S/C32H52O5/c1-19(33)37-22-11-12-29(7)20(27(22,4)5)10-13-30(8)24(29)23(34)25(35)32(36)21-18-26(2,3)14-15-28(21,6)16-17-31(30,32)9/h20-24,34,36H,10-18H2,1-9H3. The number of carbonyl (C=O) groups excluding carboxylic acids is 2. The second-order valence-corrected chi connectivity index (χ2v) is 16.4. The predicted molar refractivity (Wildman–Crippen MR) is 144 cm³/mol. The Kier molecular flexibility index (Phi) is 5.85. The summed E-state index contributed by atoms with van der Waals surface area (Å²) in [5, 5.41) is 24.9. The zero-order valence-corrected chi connectivity index (χ0v) is 24.9. The van der Waals surface area contributed by atoms with Crippen LogP contribution >= 0.6 is 0 Å². The Balaban J connectivity index is 1.61. The Labute approximate surface area is 224 Å². The molecule has 0 aliphatic heterocycles. The van der Waals surface area contributed by atoms with Crippen LogP contribution in [0.25, 0.3) is 0 Å². The zero-order chi connectivity index (χ0) is 27.6. The molecule has 5 fully saturated rings. The van der Waals surface area contributed by atoms with Gasteiger partial charge in [-0.2, -0.15) is 0 Å². The normalized spacial score (nSPS) is 54.2. The fraction of sp³-hybridized carbons (Fsp3) is 0.938. The quantitative estimate of drug-likeness (QED) is 0.412. The van der Waals surface area contributed by atoms with E-state index in [2.05, 4.69) is 55.4 Å². The molecule has 5 rings (SSSR count). The molecule has 10 unspecified atom stereocenters. The molecule has 0 radical (unpaired) electrons. The van der Waals surface area contributed by atoms with E-state index in [1.54, 1.807) is 0 Å². The zero-order valence-electron chi connectivity index (χ0n) is 24.9. The van der Waals surface area contributed by atoms with E-state index >= 15 is 0 Å². The van der Waals surface area contributed by atoms with Crippen LogP contribution in [-0.2, 0) is 14.3 Å². The van der Waals surface area contributed by atoms with Crippen molar-refractivity contribution in [3.63, 3.8) is 0 Å². The molecule has 0 aromatic carbocycles. The highest BCUT2D eigenvalue weighted by Gasteiger charge is 2.79. The Hall–Kier alpha value is -0.940. The third-order valence-corrected chi connectivity index (χ3v) is 13.9. The first-order valence-electron chi connectivity index (χ1n) is 14.9. The summed E-state index contributed by atoms with van der Waals surface area (Å²) in [5.41, 5.74) is -3.01. The minimum Gasteiger partial charge on any atom is -0.462 e. The highest BCUT2D eigenvalue weighted by atomic mass is 16.5. The average Bonchev–Trinajstić information content (AvgIpc) is 2.78. The van der Waals surface area contributed by atoms with E-state index in [0.717, 1.165) is 57.8 Å². The number of ether oxygens (including phenoxy) is 1. The monoisotopic (exact) mass is 516 g/mol. The smallest absolute Gasteiger partial charge is 0.302 e. The van der Waals surface area contributed by atoms with Crippen molar-refractivity contribution < 1.29 is 24.5 Å². The molecule has 0 bridgehead atoms. The molecule has 10 atom stereocenters. The van der Waals surface area contributed by atoms with Gasteiger partial charge in [0.25, 0.3) is 0 Å². The van der Waals surface area contributed by atoms with Crippen molar-refractivity contribution in [1.82, 2.24) is 0 Å².